The molecule has 2 rings (SSSR count). The third kappa shape index (κ3) is 2.26. The Morgan fingerprint density at radius 2 is 2.00 bits per heavy atom. The summed E-state index contributed by atoms with van der Waals surface area (Å²) in [4.78, 5) is 9.93. The van der Waals surface area contributed by atoms with Gasteiger partial charge in [-0.25, -0.2) is 0 Å². The number of aliphatic hydroxyl groups excluding tert-OH is 3. The molecule has 1 aliphatic heterocycles. The van der Waals surface area contributed by atoms with E-state index in [-0.39, 0.29) is 0 Å². The largest absolute Gasteiger partial charge is 0.462 e. The normalized spacial score (nSPS) is 34.2. The van der Waals surface area contributed by atoms with Gasteiger partial charge in [0.2, 0.25) is 6.29 Å². The van der Waals surface area contributed by atoms with Crippen molar-refractivity contribution in [2.45, 2.75) is 24.2 Å². The molecule has 8 nitrogen and oxygen atoms in total. The summed E-state index contributed by atoms with van der Waals surface area (Å²) in [6.45, 7) is -1.08. The van der Waals surface area contributed by atoms with Gasteiger partial charge >= 0.3 is 5.72 Å². The quantitative estimate of drug-likeness (QED) is 0.479. The van der Waals surface area contributed by atoms with Crippen LogP contribution in [0.15, 0.2) is 30.3 Å². The molecular weight excluding hydrogens is 258 g/mol. The van der Waals surface area contributed by atoms with Crippen molar-refractivity contribution in [1.29, 1.82) is 0 Å². The van der Waals surface area contributed by atoms with Crippen LogP contribution in [0.4, 0.5) is 0 Å². The van der Waals surface area contributed by atoms with E-state index in [4.69, 9.17) is 14.6 Å². The number of hydrogen-bond acceptors (Lipinski definition) is 7. The lowest BCUT2D eigenvalue weighted by molar-refractivity contribution is -0.641. The van der Waals surface area contributed by atoms with Gasteiger partial charge in [0.15, 0.2) is 12.2 Å². The Labute approximate surface area is 108 Å². The molecule has 1 heterocycles. The van der Waals surface area contributed by atoms with Crippen molar-refractivity contribution in [2.75, 3.05) is 6.61 Å². The van der Waals surface area contributed by atoms with Gasteiger partial charge in [-0.1, -0.05) is 18.2 Å². The van der Waals surface area contributed by atoms with Gasteiger partial charge < -0.3 is 20.1 Å². The van der Waals surface area contributed by atoms with Gasteiger partial charge in [-0.05, 0) is 12.1 Å². The van der Waals surface area contributed by atoms with Crippen molar-refractivity contribution in [3.05, 3.63) is 40.4 Å². The highest BCUT2D eigenvalue weighted by atomic mass is 16.8. The van der Waals surface area contributed by atoms with Crippen LogP contribution in [0.25, 0.3) is 0 Å². The fourth-order valence-electron chi connectivity index (χ4n) is 1.82. The van der Waals surface area contributed by atoms with Crippen LogP contribution in [0.5, 0.6) is 5.75 Å². The molecule has 1 saturated heterocycles. The molecular formula is C11H13NO7. The maximum atomic E-state index is 10.9. The second-order valence-corrected chi connectivity index (χ2v) is 4.11. The highest BCUT2D eigenvalue weighted by molar-refractivity contribution is 5.21. The number of benzene rings is 1. The highest BCUT2D eigenvalue weighted by Crippen LogP contribution is 2.32. The number of rotatable bonds is 4. The molecule has 0 aliphatic carbocycles. The van der Waals surface area contributed by atoms with Crippen molar-refractivity contribution in [2.24, 2.45) is 0 Å². The number of nitro groups is 1. The fraction of sp³-hybridized carbons (Fsp3) is 0.455. The minimum absolute atomic E-state index is 0.316. The lowest BCUT2D eigenvalue weighted by Crippen LogP contribution is -2.52. The molecule has 0 spiro atoms. The second kappa shape index (κ2) is 5.10. The zero-order chi connectivity index (χ0) is 14.0. The predicted molar refractivity (Wildman–Crippen MR) is 60.8 cm³/mol. The van der Waals surface area contributed by atoms with Crippen molar-refractivity contribution in [1.82, 2.24) is 0 Å². The van der Waals surface area contributed by atoms with E-state index in [1.165, 1.54) is 0 Å². The average molecular weight is 271 g/mol. The average Bonchev–Trinajstić information content (AvgIpc) is 2.65. The summed E-state index contributed by atoms with van der Waals surface area (Å²) >= 11 is 0. The Morgan fingerprint density at radius 1 is 1.37 bits per heavy atom. The molecule has 19 heavy (non-hydrogen) atoms. The fourth-order valence-corrected chi connectivity index (χ4v) is 1.82. The first-order valence-electron chi connectivity index (χ1n) is 5.52. The zero-order valence-corrected chi connectivity index (χ0v) is 9.75. The Morgan fingerprint density at radius 3 is 2.47 bits per heavy atom. The maximum absolute atomic E-state index is 10.9. The van der Waals surface area contributed by atoms with Gasteiger partial charge in [-0.15, -0.1) is 0 Å². The Bertz CT molecular complexity index is 454. The summed E-state index contributed by atoms with van der Waals surface area (Å²) in [6, 6.07) is 8.20. The van der Waals surface area contributed by atoms with Crippen LogP contribution in [-0.2, 0) is 4.74 Å². The molecule has 0 radical (unpaired) electrons. The minimum Gasteiger partial charge on any atom is -0.462 e. The van der Waals surface area contributed by atoms with E-state index in [1.54, 1.807) is 30.3 Å². The van der Waals surface area contributed by atoms with Crippen LogP contribution < -0.4 is 4.74 Å². The summed E-state index contributed by atoms with van der Waals surface area (Å²) in [6.07, 6.45) is -4.96. The summed E-state index contributed by atoms with van der Waals surface area (Å²) < 4.78 is 10.1. The van der Waals surface area contributed by atoms with Gasteiger partial charge in [0.05, 0.1) is 4.92 Å². The van der Waals surface area contributed by atoms with Crippen LogP contribution >= 0.6 is 0 Å². The first-order chi connectivity index (χ1) is 9.01. The molecule has 0 amide bonds. The second-order valence-electron chi connectivity index (χ2n) is 4.11. The zero-order valence-electron chi connectivity index (χ0n) is 9.75. The van der Waals surface area contributed by atoms with Crippen LogP contribution in [0.2, 0.25) is 0 Å². The number of aliphatic hydroxyl groups is 3. The van der Waals surface area contributed by atoms with E-state index < -0.39 is 35.8 Å². The van der Waals surface area contributed by atoms with Crippen molar-refractivity contribution in [3.63, 3.8) is 0 Å². The van der Waals surface area contributed by atoms with E-state index >= 15 is 0 Å². The van der Waals surface area contributed by atoms with E-state index in [1.807, 2.05) is 0 Å². The molecule has 0 bridgehead atoms. The van der Waals surface area contributed by atoms with E-state index in [2.05, 4.69) is 0 Å². The van der Waals surface area contributed by atoms with Gasteiger partial charge in [0, 0.05) is 0 Å². The third-order valence-corrected chi connectivity index (χ3v) is 2.92. The first kappa shape index (κ1) is 13.7. The van der Waals surface area contributed by atoms with Crippen LogP contribution in [-0.4, -0.2) is 51.1 Å². The topological polar surface area (TPSA) is 122 Å². The summed E-state index contributed by atoms with van der Waals surface area (Å²) in [5.74, 6) is 0.316. The molecule has 0 aromatic heterocycles. The molecule has 104 valence electrons. The predicted octanol–water partition coefficient (Wildman–Crippen LogP) is -0.891. The Balaban J connectivity index is 2.19. The minimum atomic E-state index is -2.47. The molecule has 3 N–H and O–H groups in total. The van der Waals surface area contributed by atoms with E-state index in [0.717, 1.165) is 0 Å². The number of ether oxygens (including phenoxy) is 2. The smallest absolute Gasteiger partial charge is 0.379 e. The van der Waals surface area contributed by atoms with Gasteiger partial charge in [-0.3, -0.25) is 14.9 Å². The standard InChI is InChI=1S/C11H13NO7/c13-6-11(12(16)17)9(15)8(14)10(19-11)18-7-4-2-1-3-5-7/h1-5,8-10,13-15H,6H2/t8-,9-,10-,11+/m0/s1. The molecule has 1 aromatic rings. The van der Waals surface area contributed by atoms with Crippen molar-refractivity contribution >= 4 is 0 Å². The molecule has 1 aliphatic rings. The Hall–Kier alpha value is -1.74. The lowest BCUT2D eigenvalue weighted by atomic mass is 10.1. The molecule has 1 aromatic carbocycles. The molecule has 4 atom stereocenters. The van der Waals surface area contributed by atoms with Crippen molar-refractivity contribution < 1.29 is 29.7 Å². The van der Waals surface area contributed by atoms with Crippen LogP contribution in [0.3, 0.4) is 0 Å². The number of para-hydroxylation sites is 1. The van der Waals surface area contributed by atoms with E-state index in [9.17, 15) is 20.3 Å². The van der Waals surface area contributed by atoms with Gasteiger partial charge in [0.25, 0.3) is 0 Å². The van der Waals surface area contributed by atoms with Crippen LogP contribution in [0.1, 0.15) is 0 Å². The number of hydrogen-bond donors (Lipinski definition) is 3. The van der Waals surface area contributed by atoms with Crippen molar-refractivity contribution in [3.8, 4) is 5.75 Å². The first-order valence-corrected chi connectivity index (χ1v) is 5.52. The third-order valence-electron chi connectivity index (χ3n) is 2.92. The maximum Gasteiger partial charge on any atom is 0.379 e. The monoisotopic (exact) mass is 271 g/mol. The van der Waals surface area contributed by atoms with Gasteiger partial charge in [0.1, 0.15) is 12.4 Å². The molecule has 1 fully saturated rings. The lowest BCUT2D eigenvalue weighted by Gasteiger charge is -2.19. The van der Waals surface area contributed by atoms with Gasteiger partial charge in [-0.2, -0.15) is 0 Å². The summed E-state index contributed by atoms with van der Waals surface area (Å²) in [7, 11) is 0. The number of nitrogens with zero attached hydrogens (tertiary/aromatic N) is 1. The molecule has 8 heteroatoms. The summed E-state index contributed by atoms with van der Waals surface area (Å²) in [5.41, 5.74) is -2.47. The highest BCUT2D eigenvalue weighted by Gasteiger charge is 2.64. The molecule has 0 unspecified atom stereocenters. The van der Waals surface area contributed by atoms with E-state index in [0.29, 0.717) is 5.75 Å². The Kier molecular flexibility index (Phi) is 3.67. The SMILES string of the molecule is O=[N+]([O-])[C@]1(CO)O[C@H](Oc2ccccc2)[C@@H](O)[C@@H]1O. The molecule has 0 saturated carbocycles. The van der Waals surface area contributed by atoms with Crippen LogP contribution in [0, 0.1) is 10.1 Å². The summed E-state index contributed by atoms with van der Waals surface area (Å²) in [5, 5.41) is 39.4.